The summed E-state index contributed by atoms with van der Waals surface area (Å²) in [4.78, 5) is 0. The highest BCUT2D eigenvalue weighted by molar-refractivity contribution is 5.56. The summed E-state index contributed by atoms with van der Waals surface area (Å²) in [6.07, 6.45) is 0. The lowest BCUT2D eigenvalue weighted by Gasteiger charge is -2.12. The lowest BCUT2D eigenvalue weighted by molar-refractivity contribution is 0.334. The molecule has 0 spiro atoms. The normalized spacial score (nSPS) is 15.4. The summed E-state index contributed by atoms with van der Waals surface area (Å²) in [6.45, 7) is 1.39. The molecule has 1 aliphatic rings. The van der Waals surface area contributed by atoms with E-state index in [1.54, 1.807) is 12.1 Å². The maximum atomic E-state index is 9.04. The summed E-state index contributed by atoms with van der Waals surface area (Å²) in [5, 5.41) is 21.3. The van der Waals surface area contributed by atoms with Crippen molar-refractivity contribution in [3.8, 4) is 17.9 Å². The number of fused-ring (bicyclic) bond motifs is 1. The molecule has 0 aromatic heterocycles. The van der Waals surface area contributed by atoms with Gasteiger partial charge in [-0.1, -0.05) is 18.2 Å². The summed E-state index contributed by atoms with van der Waals surface area (Å²) >= 11 is 0. The van der Waals surface area contributed by atoms with Crippen LogP contribution in [0.5, 0.6) is 5.75 Å². The Morgan fingerprint density at radius 2 is 1.90 bits per heavy atom. The summed E-state index contributed by atoms with van der Waals surface area (Å²) in [5.74, 6) is 1.24. The fourth-order valence-electron chi connectivity index (χ4n) is 2.48. The van der Waals surface area contributed by atoms with Gasteiger partial charge >= 0.3 is 0 Å². The molecule has 0 radical (unpaired) electrons. The lowest BCUT2D eigenvalue weighted by atomic mass is 10.0. The highest BCUT2D eigenvalue weighted by atomic mass is 16.5. The molecule has 21 heavy (non-hydrogen) atoms. The number of rotatable bonds is 3. The Hall–Kier alpha value is -2.98. The first-order valence-electron chi connectivity index (χ1n) is 6.71. The molecule has 0 aliphatic carbocycles. The topological polar surface area (TPSA) is 68.8 Å². The molecule has 0 saturated heterocycles. The van der Waals surface area contributed by atoms with Crippen molar-refractivity contribution in [1.29, 1.82) is 10.5 Å². The Morgan fingerprint density at radius 3 is 2.71 bits per heavy atom. The monoisotopic (exact) mass is 275 g/mol. The average Bonchev–Trinajstić information content (AvgIpc) is 2.96. The molecular formula is C17H13N3O. The van der Waals surface area contributed by atoms with Gasteiger partial charge in [-0.2, -0.15) is 10.5 Å². The number of nitrogens with zero attached hydrogens (tertiary/aromatic N) is 2. The van der Waals surface area contributed by atoms with Gasteiger partial charge in [-0.05, 0) is 24.3 Å². The highest BCUT2D eigenvalue weighted by Gasteiger charge is 2.23. The summed E-state index contributed by atoms with van der Waals surface area (Å²) in [7, 11) is 0. The van der Waals surface area contributed by atoms with Gasteiger partial charge in [-0.15, -0.1) is 0 Å². The van der Waals surface area contributed by atoms with E-state index >= 15 is 0 Å². The van der Waals surface area contributed by atoms with E-state index in [2.05, 4.69) is 11.4 Å². The van der Waals surface area contributed by atoms with Crippen LogP contribution in [-0.2, 0) is 0 Å². The molecule has 0 saturated carbocycles. The van der Waals surface area contributed by atoms with E-state index in [9.17, 15) is 0 Å². The SMILES string of the molecule is N#Cc1ccc(NCC2COc3ccccc32)cc1C#N. The first kappa shape index (κ1) is 13.0. The van der Waals surface area contributed by atoms with Crippen LogP contribution in [-0.4, -0.2) is 13.2 Å². The van der Waals surface area contributed by atoms with E-state index in [1.165, 1.54) is 5.56 Å². The zero-order valence-corrected chi connectivity index (χ0v) is 11.3. The second-order valence-electron chi connectivity index (χ2n) is 4.91. The third kappa shape index (κ3) is 2.52. The number of nitrogens with one attached hydrogen (secondary N) is 1. The first-order valence-corrected chi connectivity index (χ1v) is 6.71. The average molecular weight is 275 g/mol. The van der Waals surface area contributed by atoms with Gasteiger partial charge in [0, 0.05) is 23.7 Å². The first-order chi connectivity index (χ1) is 10.3. The molecule has 4 heteroatoms. The van der Waals surface area contributed by atoms with Crippen LogP contribution in [0.1, 0.15) is 22.6 Å². The number of para-hydroxylation sites is 1. The van der Waals surface area contributed by atoms with Crippen LogP contribution in [0.2, 0.25) is 0 Å². The number of benzene rings is 2. The minimum Gasteiger partial charge on any atom is -0.493 e. The van der Waals surface area contributed by atoms with Crippen molar-refractivity contribution in [2.75, 3.05) is 18.5 Å². The van der Waals surface area contributed by atoms with Crippen LogP contribution in [0.25, 0.3) is 0 Å². The van der Waals surface area contributed by atoms with Crippen LogP contribution in [0.15, 0.2) is 42.5 Å². The number of hydrogen-bond donors (Lipinski definition) is 1. The second-order valence-corrected chi connectivity index (χ2v) is 4.91. The Labute approximate surface area is 123 Å². The zero-order valence-electron chi connectivity index (χ0n) is 11.3. The van der Waals surface area contributed by atoms with Gasteiger partial charge in [-0.25, -0.2) is 0 Å². The van der Waals surface area contributed by atoms with E-state index in [-0.39, 0.29) is 0 Å². The largest absolute Gasteiger partial charge is 0.493 e. The highest BCUT2D eigenvalue weighted by Crippen LogP contribution is 2.33. The molecule has 0 amide bonds. The summed E-state index contributed by atoms with van der Waals surface area (Å²) in [5.41, 5.74) is 2.84. The van der Waals surface area contributed by atoms with Gasteiger partial charge in [0.2, 0.25) is 0 Å². The van der Waals surface area contributed by atoms with Crippen molar-refractivity contribution in [2.45, 2.75) is 5.92 Å². The van der Waals surface area contributed by atoms with E-state index in [4.69, 9.17) is 15.3 Å². The number of nitriles is 2. The molecule has 102 valence electrons. The van der Waals surface area contributed by atoms with E-state index < -0.39 is 0 Å². The molecule has 4 nitrogen and oxygen atoms in total. The maximum Gasteiger partial charge on any atom is 0.122 e. The van der Waals surface area contributed by atoms with E-state index in [0.29, 0.717) is 23.7 Å². The van der Waals surface area contributed by atoms with Gasteiger partial charge in [0.05, 0.1) is 17.7 Å². The summed E-state index contributed by atoms with van der Waals surface area (Å²) in [6, 6.07) is 17.3. The molecule has 1 heterocycles. The molecule has 1 aliphatic heterocycles. The smallest absolute Gasteiger partial charge is 0.122 e. The Balaban J connectivity index is 1.72. The Morgan fingerprint density at radius 1 is 1.10 bits per heavy atom. The van der Waals surface area contributed by atoms with Gasteiger partial charge in [0.15, 0.2) is 0 Å². The third-order valence-electron chi connectivity index (χ3n) is 3.61. The fourth-order valence-corrected chi connectivity index (χ4v) is 2.48. The van der Waals surface area contributed by atoms with Crippen molar-refractivity contribution in [2.24, 2.45) is 0 Å². The van der Waals surface area contributed by atoms with Crippen molar-refractivity contribution in [3.63, 3.8) is 0 Å². The predicted octanol–water partition coefficient (Wildman–Crippen LogP) is 3.02. The second kappa shape index (κ2) is 5.56. The molecule has 2 aromatic carbocycles. The van der Waals surface area contributed by atoms with Crippen molar-refractivity contribution in [3.05, 3.63) is 59.2 Å². The van der Waals surface area contributed by atoms with Crippen molar-refractivity contribution < 1.29 is 4.74 Å². The van der Waals surface area contributed by atoms with Crippen LogP contribution < -0.4 is 10.1 Å². The molecule has 0 fully saturated rings. The number of anilines is 1. The molecule has 2 aromatic rings. The number of hydrogen-bond acceptors (Lipinski definition) is 4. The predicted molar refractivity (Wildman–Crippen MR) is 79.0 cm³/mol. The van der Waals surface area contributed by atoms with Gasteiger partial charge < -0.3 is 10.1 Å². The zero-order chi connectivity index (χ0) is 14.7. The Kier molecular flexibility index (Phi) is 3.45. The van der Waals surface area contributed by atoms with Crippen LogP contribution >= 0.6 is 0 Å². The molecule has 0 bridgehead atoms. The number of ether oxygens (including phenoxy) is 1. The van der Waals surface area contributed by atoms with Crippen molar-refractivity contribution >= 4 is 5.69 Å². The molecule has 1 atom stereocenters. The van der Waals surface area contributed by atoms with Crippen LogP contribution in [0.3, 0.4) is 0 Å². The van der Waals surface area contributed by atoms with Gasteiger partial charge in [0.25, 0.3) is 0 Å². The minimum atomic E-state index is 0.294. The minimum absolute atomic E-state index is 0.294. The van der Waals surface area contributed by atoms with Crippen LogP contribution in [0.4, 0.5) is 5.69 Å². The summed E-state index contributed by atoms with van der Waals surface area (Å²) < 4.78 is 5.65. The standard InChI is InChI=1S/C17H13N3O/c18-8-12-5-6-15(7-13(12)9-19)20-10-14-11-21-17-4-2-1-3-16(14)17/h1-7,14,20H,10-11H2. The molecular weight excluding hydrogens is 262 g/mol. The molecule has 1 unspecified atom stereocenters. The van der Waals surface area contributed by atoms with E-state index in [0.717, 1.165) is 18.0 Å². The molecule has 1 N–H and O–H groups in total. The quantitative estimate of drug-likeness (QED) is 0.934. The fraction of sp³-hybridized carbons (Fsp3) is 0.176. The van der Waals surface area contributed by atoms with Gasteiger partial charge in [0.1, 0.15) is 17.9 Å². The van der Waals surface area contributed by atoms with Gasteiger partial charge in [-0.3, -0.25) is 0 Å². The third-order valence-corrected chi connectivity index (χ3v) is 3.61. The molecule has 3 rings (SSSR count). The van der Waals surface area contributed by atoms with Crippen molar-refractivity contribution in [1.82, 2.24) is 0 Å². The lowest BCUT2D eigenvalue weighted by Crippen LogP contribution is -2.14. The maximum absolute atomic E-state index is 9.04. The van der Waals surface area contributed by atoms with Crippen LogP contribution in [0, 0.1) is 22.7 Å². The Bertz CT molecular complexity index is 755. The van der Waals surface area contributed by atoms with E-state index in [1.807, 2.05) is 36.4 Å².